The number of fused-ring (bicyclic) bond motifs is 3. The van der Waals surface area contributed by atoms with E-state index >= 15 is 0 Å². The minimum Gasteiger partial charge on any atom is -0.390 e. The van der Waals surface area contributed by atoms with Gasteiger partial charge < -0.3 is 16.2 Å². The second-order valence-corrected chi connectivity index (χ2v) is 7.61. The quantitative estimate of drug-likeness (QED) is 0.771. The van der Waals surface area contributed by atoms with E-state index in [-0.39, 0.29) is 11.5 Å². The SMILES string of the molecule is CC(C)Nc1nc(CC23CCC(O)(CC2)CC3)ncc1C(N)=O. The summed E-state index contributed by atoms with van der Waals surface area (Å²) in [6.07, 6.45) is 8.05. The second-order valence-electron chi connectivity index (χ2n) is 7.61. The van der Waals surface area contributed by atoms with Gasteiger partial charge in [-0.2, -0.15) is 0 Å². The van der Waals surface area contributed by atoms with E-state index in [0.29, 0.717) is 11.4 Å². The first-order chi connectivity index (χ1) is 10.8. The molecule has 0 radical (unpaired) electrons. The van der Waals surface area contributed by atoms with Crippen LogP contribution in [-0.2, 0) is 6.42 Å². The summed E-state index contributed by atoms with van der Waals surface area (Å²) in [5.41, 5.74) is 5.52. The van der Waals surface area contributed by atoms with Crippen molar-refractivity contribution in [1.82, 2.24) is 9.97 Å². The summed E-state index contributed by atoms with van der Waals surface area (Å²) < 4.78 is 0. The molecule has 3 aliphatic rings. The number of anilines is 1. The minimum atomic E-state index is -0.515. The Bertz CT molecular complexity index is 590. The lowest BCUT2D eigenvalue weighted by molar-refractivity contribution is -0.0920. The van der Waals surface area contributed by atoms with Crippen molar-refractivity contribution in [2.45, 2.75) is 70.4 Å². The number of nitrogens with two attached hydrogens (primary N) is 1. The molecule has 4 rings (SSSR count). The summed E-state index contributed by atoms with van der Waals surface area (Å²) in [7, 11) is 0. The van der Waals surface area contributed by atoms with Crippen LogP contribution in [0.5, 0.6) is 0 Å². The van der Waals surface area contributed by atoms with Gasteiger partial charge in [0.1, 0.15) is 11.6 Å². The van der Waals surface area contributed by atoms with Gasteiger partial charge in [0, 0.05) is 18.7 Å². The van der Waals surface area contributed by atoms with E-state index in [0.717, 1.165) is 50.8 Å². The standard InChI is InChI=1S/C17H26N4O2/c1-11(2)20-15-12(14(18)22)10-19-13(21-15)9-16-3-6-17(23,7-4-16)8-5-16/h10-11,23H,3-9H2,1-2H3,(H2,18,22)(H,19,20,21). The summed E-state index contributed by atoms with van der Waals surface area (Å²) in [6, 6.07) is 0.161. The second kappa shape index (κ2) is 5.74. The third kappa shape index (κ3) is 3.32. The van der Waals surface area contributed by atoms with Gasteiger partial charge in [-0.05, 0) is 57.8 Å². The third-order valence-electron chi connectivity index (χ3n) is 5.42. The molecule has 1 aromatic rings. The average Bonchev–Trinajstić information content (AvgIpc) is 2.48. The molecule has 0 aliphatic heterocycles. The van der Waals surface area contributed by atoms with Crippen LogP contribution in [0.1, 0.15) is 68.6 Å². The first-order valence-corrected chi connectivity index (χ1v) is 8.46. The molecule has 6 heteroatoms. The van der Waals surface area contributed by atoms with Crippen molar-refractivity contribution < 1.29 is 9.90 Å². The highest BCUT2D eigenvalue weighted by Gasteiger charge is 2.47. The largest absolute Gasteiger partial charge is 0.390 e. The Morgan fingerprint density at radius 3 is 2.43 bits per heavy atom. The molecule has 3 fully saturated rings. The van der Waals surface area contributed by atoms with Crippen molar-refractivity contribution in [2.24, 2.45) is 11.1 Å². The number of nitrogens with one attached hydrogen (secondary N) is 1. The number of hydrogen-bond acceptors (Lipinski definition) is 5. The van der Waals surface area contributed by atoms with Gasteiger partial charge in [0.15, 0.2) is 0 Å². The van der Waals surface area contributed by atoms with Gasteiger partial charge in [0.2, 0.25) is 0 Å². The first kappa shape index (κ1) is 16.2. The van der Waals surface area contributed by atoms with E-state index in [1.165, 1.54) is 6.20 Å². The molecule has 0 aromatic carbocycles. The summed E-state index contributed by atoms with van der Waals surface area (Å²) in [4.78, 5) is 20.5. The number of primary amides is 1. The lowest BCUT2D eigenvalue weighted by atomic mass is 9.57. The predicted octanol–water partition coefficient (Wildman–Crippen LogP) is 2.02. The number of carbonyl (C=O) groups is 1. The third-order valence-corrected chi connectivity index (χ3v) is 5.42. The maximum absolute atomic E-state index is 11.5. The Hall–Kier alpha value is -1.69. The van der Waals surface area contributed by atoms with Crippen molar-refractivity contribution in [3.8, 4) is 0 Å². The van der Waals surface area contributed by atoms with E-state index in [2.05, 4.69) is 15.3 Å². The fourth-order valence-electron chi connectivity index (χ4n) is 3.91. The number of aromatic nitrogens is 2. The van der Waals surface area contributed by atoms with Gasteiger partial charge in [-0.25, -0.2) is 9.97 Å². The molecule has 23 heavy (non-hydrogen) atoms. The van der Waals surface area contributed by atoms with Crippen molar-refractivity contribution in [3.05, 3.63) is 17.6 Å². The molecule has 4 N–H and O–H groups in total. The lowest BCUT2D eigenvalue weighted by Gasteiger charge is -2.50. The van der Waals surface area contributed by atoms with Crippen LogP contribution in [0.4, 0.5) is 5.82 Å². The zero-order chi connectivity index (χ0) is 16.7. The van der Waals surface area contributed by atoms with Gasteiger partial charge in [0.25, 0.3) is 5.91 Å². The maximum Gasteiger partial charge on any atom is 0.254 e. The Balaban J connectivity index is 1.82. The maximum atomic E-state index is 11.5. The van der Waals surface area contributed by atoms with Gasteiger partial charge in [-0.15, -0.1) is 0 Å². The van der Waals surface area contributed by atoms with Gasteiger partial charge >= 0.3 is 0 Å². The van der Waals surface area contributed by atoms with Crippen molar-refractivity contribution in [3.63, 3.8) is 0 Å². The fraction of sp³-hybridized carbons (Fsp3) is 0.706. The van der Waals surface area contributed by atoms with Gasteiger partial charge in [0.05, 0.1) is 11.2 Å². The van der Waals surface area contributed by atoms with Crippen molar-refractivity contribution in [1.29, 1.82) is 0 Å². The van der Waals surface area contributed by atoms with Gasteiger partial charge in [-0.3, -0.25) is 4.79 Å². The smallest absolute Gasteiger partial charge is 0.254 e. The zero-order valence-corrected chi connectivity index (χ0v) is 13.9. The molecular formula is C17H26N4O2. The molecule has 0 unspecified atom stereocenters. The molecular weight excluding hydrogens is 292 g/mol. The molecule has 0 saturated heterocycles. The molecule has 0 atom stereocenters. The highest BCUT2D eigenvalue weighted by Crippen LogP contribution is 2.53. The summed E-state index contributed by atoms with van der Waals surface area (Å²) >= 11 is 0. The van der Waals surface area contributed by atoms with Crippen LogP contribution in [0.25, 0.3) is 0 Å². The molecule has 1 aromatic heterocycles. The molecule has 1 amide bonds. The van der Waals surface area contributed by atoms with E-state index < -0.39 is 11.5 Å². The zero-order valence-electron chi connectivity index (χ0n) is 13.9. The number of aliphatic hydroxyl groups is 1. The Labute approximate surface area is 136 Å². The number of carbonyl (C=O) groups excluding carboxylic acids is 1. The molecule has 3 aliphatic carbocycles. The van der Waals surface area contributed by atoms with Crippen LogP contribution in [0.15, 0.2) is 6.20 Å². The van der Waals surface area contributed by atoms with Crippen LogP contribution < -0.4 is 11.1 Å². The highest BCUT2D eigenvalue weighted by molar-refractivity contribution is 5.97. The Morgan fingerprint density at radius 1 is 1.30 bits per heavy atom. The Kier molecular flexibility index (Phi) is 4.04. The van der Waals surface area contributed by atoms with Crippen LogP contribution in [-0.4, -0.2) is 32.6 Å². The van der Waals surface area contributed by atoms with E-state index in [1.54, 1.807) is 0 Å². The Morgan fingerprint density at radius 2 is 1.91 bits per heavy atom. The number of hydrogen-bond donors (Lipinski definition) is 3. The molecule has 1 heterocycles. The fourth-order valence-corrected chi connectivity index (χ4v) is 3.91. The molecule has 6 nitrogen and oxygen atoms in total. The van der Waals surface area contributed by atoms with Crippen molar-refractivity contribution >= 4 is 11.7 Å². The minimum absolute atomic E-state index is 0.161. The lowest BCUT2D eigenvalue weighted by Crippen LogP contribution is -2.46. The molecule has 126 valence electrons. The van der Waals surface area contributed by atoms with E-state index in [1.807, 2.05) is 13.8 Å². The molecule has 0 spiro atoms. The molecule has 2 bridgehead atoms. The van der Waals surface area contributed by atoms with Gasteiger partial charge in [-0.1, -0.05) is 0 Å². The van der Waals surface area contributed by atoms with Crippen LogP contribution in [0, 0.1) is 5.41 Å². The first-order valence-electron chi connectivity index (χ1n) is 8.46. The van der Waals surface area contributed by atoms with E-state index in [9.17, 15) is 9.90 Å². The van der Waals surface area contributed by atoms with E-state index in [4.69, 9.17) is 5.73 Å². The number of amides is 1. The van der Waals surface area contributed by atoms with Crippen molar-refractivity contribution in [2.75, 3.05) is 5.32 Å². The predicted molar refractivity (Wildman–Crippen MR) is 88.1 cm³/mol. The number of nitrogens with zero attached hydrogens (tertiary/aromatic N) is 2. The average molecular weight is 318 g/mol. The van der Waals surface area contributed by atoms with Crippen LogP contribution in [0.2, 0.25) is 0 Å². The highest BCUT2D eigenvalue weighted by atomic mass is 16.3. The summed E-state index contributed by atoms with van der Waals surface area (Å²) in [6.45, 7) is 3.99. The monoisotopic (exact) mass is 318 g/mol. The summed E-state index contributed by atoms with van der Waals surface area (Å²) in [5, 5.41) is 13.5. The normalized spacial score (nSPS) is 29.7. The number of rotatable bonds is 5. The van der Waals surface area contributed by atoms with Crippen LogP contribution >= 0.6 is 0 Å². The van der Waals surface area contributed by atoms with Crippen LogP contribution in [0.3, 0.4) is 0 Å². The molecule has 3 saturated carbocycles. The topological polar surface area (TPSA) is 101 Å². The summed E-state index contributed by atoms with van der Waals surface area (Å²) in [5.74, 6) is 0.765.